The van der Waals surface area contributed by atoms with Crippen LogP contribution in [-0.2, 0) is 16.0 Å². The maximum absolute atomic E-state index is 13.6. The van der Waals surface area contributed by atoms with E-state index in [1.165, 1.54) is 12.0 Å². The van der Waals surface area contributed by atoms with Gasteiger partial charge in [-0.3, -0.25) is 4.90 Å². The third-order valence-corrected chi connectivity index (χ3v) is 5.76. The Morgan fingerprint density at radius 3 is 2.34 bits per heavy atom. The van der Waals surface area contributed by atoms with Crippen molar-refractivity contribution in [2.24, 2.45) is 0 Å². The number of ether oxygens (including phenoxy) is 2. The fourth-order valence-corrected chi connectivity index (χ4v) is 4.10. The molecule has 1 aromatic heterocycles. The van der Waals surface area contributed by atoms with Crippen molar-refractivity contribution in [1.82, 2.24) is 19.8 Å². The van der Waals surface area contributed by atoms with Gasteiger partial charge in [-0.25, -0.2) is 14.4 Å². The van der Waals surface area contributed by atoms with Crippen LogP contribution in [0.5, 0.6) is 11.5 Å². The van der Waals surface area contributed by atoms with Crippen molar-refractivity contribution in [3.63, 3.8) is 0 Å². The first kappa shape index (κ1) is 22.1. The topological polar surface area (TPSA) is 109 Å². The lowest BCUT2D eigenvalue weighted by atomic mass is 9.96. The number of carbonyl (C=O) groups is 2. The van der Waals surface area contributed by atoms with Gasteiger partial charge in [0.1, 0.15) is 17.5 Å². The Bertz CT molecular complexity index is 1450. The second-order valence-electron chi connectivity index (χ2n) is 7.83. The normalized spacial score (nSPS) is 14.8. The first-order valence-corrected chi connectivity index (χ1v) is 10.9. The first-order chi connectivity index (χ1) is 17.1. The van der Waals surface area contributed by atoms with E-state index in [-0.39, 0.29) is 0 Å². The van der Waals surface area contributed by atoms with Crippen molar-refractivity contribution < 1.29 is 19.1 Å². The van der Waals surface area contributed by atoms with Gasteiger partial charge in [-0.1, -0.05) is 48.5 Å². The lowest BCUT2D eigenvalue weighted by molar-refractivity contribution is -0.142. The molecule has 0 radical (unpaired) electrons. The molecule has 176 valence electrons. The molecule has 0 spiro atoms. The number of carbonyl (C=O) groups excluding carboxylic acids is 2. The van der Waals surface area contributed by atoms with Gasteiger partial charge in [-0.2, -0.15) is 4.68 Å². The molecule has 0 saturated heterocycles. The summed E-state index contributed by atoms with van der Waals surface area (Å²) in [5.74, 6) is 0.355. The maximum Gasteiger partial charge on any atom is 0.377 e. The van der Waals surface area contributed by atoms with Crippen LogP contribution in [0.4, 0.5) is 10.5 Å². The predicted molar refractivity (Wildman–Crippen MR) is 126 cm³/mol. The molecular formula is C25H21N5O5. The number of para-hydroxylation sites is 4. The van der Waals surface area contributed by atoms with E-state index in [0.29, 0.717) is 40.4 Å². The second kappa shape index (κ2) is 9.26. The summed E-state index contributed by atoms with van der Waals surface area (Å²) in [5, 5.41) is 7.75. The zero-order chi connectivity index (χ0) is 24.4. The molecule has 0 bridgehead atoms. The molecule has 0 N–H and O–H groups in total. The molecule has 0 saturated carbocycles. The molecule has 1 aliphatic rings. The molecule has 1 unspecified atom stereocenters. The monoisotopic (exact) mass is 471 g/mol. The third kappa shape index (κ3) is 4.05. The number of benzene rings is 3. The van der Waals surface area contributed by atoms with E-state index in [9.17, 15) is 14.4 Å². The van der Waals surface area contributed by atoms with Gasteiger partial charge in [-0.05, 0) is 59.2 Å². The van der Waals surface area contributed by atoms with Crippen molar-refractivity contribution >= 4 is 17.7 Å². The Labute approximate surface area is 199 Å². The number of hydrogen-bond donors (Lipinski definition) is 0. The van der Waals surface area contributed by atoms with Gasteiger partial charge in [0, 0.05) is 5.69 Å². The number of rotatable bonds is 4. The van der Waals surface area contributed by atoms with Crippen LogP contribution in [0.25, 0.3) is 5.69 Å². The van der Waals surface area contributed by atoms with E-state index >= 15 is 0 Å². The van der Waals surface area contributed by atoms with E-state index in [1.54, 1.807) is 48.5 Å². The number of methoxy groups -OCH3 is 1. The molecule has 2 heterocycles. The van der Waals surface area contributed by atoms with E-state index in [1.807, 2.05) is 30.3 Å². The summed E-state index contributed by atoms with van der Waals surface area (Å²) in [5.41, 5.74) is 0.909. The number of fused-ring (bicyclic) bond motifs is 1. The van der Waals surface area contributed by atoms with Gasteiger partial charge in [0.2, 0.25) is 0 Å². The largest absolute Gasteiger partial charge is 0.467 e. The number of esters is 1. The second-order valence-corrected chi connectivity index (χ2v) is 7.83. The number of nitrogens with zero attached hydrogens (tertiary/aromatic N) is 5. The summed E-state index contributed by atoms with van der Waals surface area (Å²) in [7, 11) is 1.26. The van der Waals surface area contributed by atoms with E-state index in [4.69, 9.17) is 9.47 Å². The van der Waals surface area contributed by atoms with Crippen LogP contribution in [0, 0.1) is 0 Å². The summed E-state index contributed by atoms with van der Waals surface area (Å²) in [6, 6.07) is 21.4. The van der Waals surface area contributed by atoms with Crippen LogP contribution < -0.4 is 15.3 Å². The Balaban J connectivity index is 1.54. The highest BCUT2D eigenvalue weighted by molar-refractivity contribution is 6.00. The smallest absolute Gasteiger partial charge is 0.377 e. The van der Waals surface area contributed by atoms with Crippen molar-refractivity contribution in [2.45, 2.75) is 18.9 Å². The van der Waals surface area contributed by atoms with Gasteiger partial charge in [-0.15, -0.1) is 4.68 Å². The van der Waals surface area contributed by atoms with Crippen molar-refractivity contribution in [3.05, 3.63) is 94.9 Å². The summed E-state index contributed by atoms with van der Waals surface area (Å²) < 4.78 is 12.5. The minimum atomic E-state index is -0.895. The number of tetrazole rings is 1. The molecule has 35 heavy (non-hydrogen) atoms. The van der Waals surface area contributed by atoms with E-state index in [0.717, 1.165) is 10.2 Å². The Hall–Kier alpha value is -4.73. The lowest BCUT2D eigenvalue weighted by Crippen LogP contribution is -2.52. The van der Waals surface area contributed by atoms with Crippen LogP contribution in [0.2, 0.25) is 0 Å². The van der Waals surface area contributed by atoms with Gasteiger partial charge >= 0.3 is 17.7 Å². The number of aromatic nitrogens is 4. The van der Waals surface area contributed by atoms with E-state index < -0.39 is 23.7 Å². The molecule has 5 rings (SSSR count). The van der Waals surface area contributed by atoms with Gasteiger partial charge in [0.25, 0.3) is 0 Å². The van der Waals surface area contributed by atoms with Crippen LogP contribution in [-0.4, -0.2) is 44.9 Å². The fraction of sp³-hybridized carbons (Fsp3) is 0.160. The minimum Gasteiger partial charge on any atom is -0.467 e. The van der Waals surface area contributed by atoms with Crippen LogP contribution in [0.3, 0.4) is 0 Å². The molecule has 1 amide bonds. The highest BCUT2D eigenvalue weighted by Crippen LogP contribution is 2.32. The summed E-state index contributed by atoms with van der Waals surface area (Å²) >= 11 is 0. The molecule has 1 atom stereocenters. The van der Waals surface area contributed by atoms with Crippen molar-refractivity contribution in [3.8, 4) is 17.2 Å². The highest BCUT2D eigenvalue weighted by Gasteiger charge is 2.38. The molecule has 0 fully saturated rings. The number of hydrogen-bond acceptors (Lipinski definition) is 7. The number of amides is 1. The van der Waals surface area contributed by atoms with Crippen LogP contribution in [0.15, 0.2) is 83.7 Å². The first-order valence-electron chi connectivity index (χ1n) is 10.9. The summed E-state index contributed by atoms with van der Waals surface area (Å²) in [4.78, 5) is 40.6. The van der Waals surface area contributed by atoms with Crippen LogP contribution >= 0.6 is 0 Å². The van der Waals surface area contributed by atoms with Gasteiger partial charge < -0.3 is 9.47 Å². The average molecular weight is 471 g/mol. The number of aryl methyl sites for hydroxylation is 1. The zero-order valence-electron chi connectivity index (χ0n) is 18.8. The third-order valence-electron chi connectivity index (χ3n) is 5.76. The molecular weight excluding hydrogens is 450 g/mol. The van der Waals surface area contributed by atoms with E-state index in [2.05, 4.69) is 10.4 Å². The predicted octanol–water partition coefficient (Wildman–Crippen LogP) is 3.18. The van der Waals surface area contributed by atoms with Crippen molar-refractivity contribution in [1.29, 1.82) is 0 Å². The molecule has 1 aliphatic heterocycles. The fourth-order valence-electron chi connectivity index (χ4n) is 4.10. The Kier molecular flexibility index (Phi) is 5.84. The van der Waals surface area contributed by atoms with Crippen LogP contribution in [0.1, 0.15) is 12.0 Å². The standard InChI is InChI=1S/C25H21N5O5/c1-34-23(31)21-16-15-17-9-5-6-12-19(17)28(21)24(32)30-25(33)29(26-27-30)20-13-7-8-14-22(20)35-18-10-3-2-4-11-18/h2-14,21H,15-16H2,1H3. The average Bonchev–Trinajstić information content (AvgIpc) is 3.29. The molecule has 4 aromatic rings. The molecule has 10 heteroatoms. The molecule has 0 aliphatic carbocycles. The highest BCUT2D eigenvalue weighted by atomic mass is 16.5. The SMILES string of the molecule is COC(=O)C1CCc2ccccc2N1C(=O)n1nnn(-c2ccccc2Oc2ccccc2)c1=O. The molecule has 10 nitrogen and oxygen atoms in total. The zero-order valence-corrected chi connectivity index (χ0v) is 18.8. The Morgan fingerprint density at radius 1 is 0.886 bits per heavy atom. The number of anilines is 1. The van der Waals surface area contributed by atoms with Gasteiger partial charge in [0.05, 0.1) is 7.11 Å². The molecule has 3 aromatic carbocycles. The summed E-state index contributed by atoms with van der Waals surface area (Å²) in [6.07, 6.45) is 0.942. The Morgan fingerprint density at radius 2 is 1.57 bits per heavy atom. The summed E-state index contributed by atoms with van der Waals surface area (Å²) in [6.45, 7) is 0. The van der Waals surface area contributed by atoms with Crippen molar-refractivity contribution in [2.75, 3.05) is 12.0 Å². The van der Waals surface area contributed by atoms with Gasteiger partial charge in [0.15, 0.2) is 5.75 Å². The maximum atomic E-state index is 13.6. The quantitative estimate of drug-likeness (QED) is 0.332. The lowest BCUT2D eigenvalue weighted by Gasteiger charge is -2.34. The minimum absolute atomic E-state index is 0.309.